The molecule has 1 saturated carbocycles. The fourth-order valence-electron chi connectivity index (χ4n) is 3.40. The van der Waals surface area contributed by atoms with Crippen LogP contribution < -0.4 is 10.1 Å². The van der Waals surface area contributed by atoms with E-state index in [0.29, 0.717) is 11.5 Å². The third-order valence-corrected chi connectivity index (χ3v) is 5.22. The van der Waals surface area contributed by atoms with Gasteiger partial charge in [0.05, 0.1) is 24.2 Å². The molecule has 1 atom stereocenters. The van der Waals surface area contributed by atoms with Gasteiger partial charge in [0, 0.05) is 12.6 Å². The molecule has 1 fully saturated rings. The Kier molecular flexibility index (Phi) is 4.15. The molecule has 0 spiro atoms. The predicted molar refractivity (Wildman–Crippen MR) is 101 cm³/mol. The van der Waals surface area contributed by atoms with Crippen molar-refractivity contribution in [3.05, 3.63) is 59.4 Å². The lowest BCUT2D eigenvalue weighted by molar-refractivity contribution is 0.0932. The van der Waals surface area contributed by atoms with Crippen LogP contribution in [0.1, 0.15) is 40.6 Å². The molecule has 1 aliphatic carbocycles. The highest BCUT2D eigenvalue weighted by Crippen LogP contribution is 2.41. The van der Waals surface area contributed by atoms with E-state index in [2.05, 4.69) is 10.3 Å². The number of hydrogen-bond acceptors (Lipinski definition) is 3. The van der Waals surface area contributed by atoms with Crippen LogP contribution in [0.2, 0.25) is 0 Å². The van der Waals surface area contributed by atoms with Crippen molar-refractivity contribution in [1.29, 1.82) is 0 Å². The fourth-order valence-corrected chi connectivity index (χ4v) is 3.40. The van der Waals surface area contributed by atoms with Crippen molar-refractivity contribution >= 4 is 16.9 Å². The molecule has 1 N–H and O–H groups in total. The molecule has 1 heterocycles. The van der Waals surface area contributed by atoms with Gasteiger partial charge < -0.3 is 14.6 Å². The average molecular weight is 349 g/mol. The third-order valence-electron chi connectivity index (χ3n) is 5.22. The molecule has 0 radical (unpaired) electrons. The van der Waals surface area contributed by atoms with Crippen molar-refractivity contribution < 1.29 is 9.53 Å². The molecule has 134 valence electrons. The number of aryl methyl sites for hydroxylation is 2. The van der Waals surface area contributed by atoms with E-state index in [0.717, 1.165) is 41.0 Å². The molecular formula is C21H23N3O2. The van der Waals surface area contributed by atoms with E-state index in [-0.39, 0.29) is 11.9 Å². The maximum Gasteiger partial charge on any atom is 0.251 e. The van der Waals surface area contributed by atoms with Crippen LogP contribution in [0.3, 0.4) is 0 Å². The van der Waals surface area contributed by atoms with Gasteiger partial charge in [0.1, 0.15) is 11.6 Å². The third kappa shape index (κ3) is 3.05. The standard InChI is InChI=1S/C21H23N3O2/c1-13-22-18-12-16(8-11-19(18)24(13)2)21(25)23-20(14-4-5-14)15-6-9-17(26-3)10-7-15/h6-12,14,20H,4-5H2,1-3H3,(H,23,25)/t20-/m0/s1. The normalized spacial score (nSPS) is 15.0. The second-order valence-corrected chi connectivity index (χ2v) is 6.98. The molecule has 0 saturated heterocycles. The van der Waals surface area contributed by atoms with Gasteiger partial charge in [0.25, 0.3) is 5.91 Å². The minimum atomic E-state index is -0.0528. The lowest BCUT2D eigenvalue weighted by Crippen LogP contribution is -2.29. The number of amides is 1. The molecular weight excluding hydrogens is 326 g/mol. The Labute approximate surface area is 153 Å². The first-order valence-electron chi connectivity index (χ1n) is 8.94. The number of imidazole rings is 1. The first kappa shape index (κ1) is 16.6. The number of rotatable bonds is 5. The molecule has 4 rings (SSSR count). The zero-order valence-electron chi connectivity index (χ0n) is 15.3. The van der Waals surface area contributed by atoms with Crippen molar-refractivity contribution in [2.24, 2.45) is 13.0 Å². The number of ether oxygens (including phenoxy) is 1. The summed E-state index contributed by atoms with van der Waals surface area (Å²) in [6.45, 7) is 1.96. The van der Waals surface area contributed by atoms with E-state index in [9.17, 15) is 4.79 Å². The van der Waals surface area contributed by atoms with Crippen LogP contribution in [0.5, 0.6) is 5.75 Å². The summed E-state index contributed by atoms with van der Waals surface area (Å²) >= 11 is 0. The van der Waals surface area contributed by atoms with Crippen molar-refractivity contribution in [1.82, 2.24) is 14.9 Å². The Balaban J connectivity index is 1.58. The molecule has 3 aromatic rings. The Morgan fingerprint density at radius 1 is 1.23 bits per heavy atom. The van der Waals surface area contributed by atoms with Crippen molar-refractivity contribution in [3.8, 4) is 5.75 Å². The number of carbonyl (C=O) groups excluding carboxylic acids is 1. The molecule has 1 amide bonds. The maximum atomic E-state index is 12.8. The second-order valence-electron chi connectivity index (χ2n) is 6.98. The largest absolute Gasteiger partial charge is 0.497 e. The summed E-state index contributed by atoms with van der Waals surface area (Å²) < 4.78 is 7.26. The van der Waals surface area contributed by atoms with Gasteiger partial charge in [-0.1, -0.05) is 12.1 Å². The molecule has 1 aliphatic rings. The first-order valence-corrected chi connectivity index (χ1v) is 8.94. The van der Waals surface area contributed by atoms with Crippen LogP contribution in [0.25, 0.3) is 11.0 Å². The van der Waals surface area contributed by atoms with Crippen molar-refractivity contribution in [3.63, 3.8) is 0 Å². The van der Waals surface area contributed by atoms with Gasteiger partial charge in [-0.3, -0.25) is 4.79 Å². The summed E-state index contributed by atoms with van der Waals surface area (Å²) in [6, 6.07) is 13.7. The maximum absolute atomic E-state index is 12.8. The highest BCUT2D eigenvalue weighted by atomic mass is 16.5. The number of carbonyl (C=O) groups is 1. The van der Waals surface area contributed by atoms with Crippen molar-refractivity contribution in [2.45, 2.75) is 25.8 Å². The Hall–Kier alpha value is -2.82. The van der Waals surface area contributed by atoms with E-state index in [1.165, 1.54) is 0 Å². The summed E-state index contributed by atoms with van der Waals surface area (Å²) in [5.74, 6) is 2.22. The van der Waals surface area contributed by atoms with Gasteiger partial charge in [0.2, 0.25) is 0 Å². The topological polar surface area (TPSA) is 56.1 Å². The number of benzene rings is 2. The van der Waals surface area contributed by atoms with Crippen LogP contribution in [-0.2, 0) is 7.05 Å². The van der Waals surface area contributed by atoms with Crippen LogP contribution in [0.4, 0.5) is 0 Å². The first-order chi connectivity index (χ1) is 12.6. The number of fused-ring (bicyclic) bond motifs is 1. The van der Waals surface area contributed by atoms with E-state index in [1.807, 2.05) is 61.0 Å². The average Bonchev–Trinajstić information content (AvgIpc) is 3.46. The van der Waals surface area contributed by atoms with Gasteiger partial charge in [-0.2, -0.15) is 0 Å². The number of hydrogen-bond donors (Lipinski definition) is 1. The van der Waals surface area contributed by atoms with E-state index in [4.69, 9.17) is 4.74 Å². The van der Waals surface area contributed by atoms with Gasteiger partial charge in [-0.25, -0.2) is 4.98 Å². The molecule has 5 nitrogen and oxygen atoms in total. The molecule has 5 heteroatoms. The van der Waals surface area contributed by atoms with E-state index in [1.54, 1.807) is 7.11 Å². The number of nitrogens with zero attached hydrogens (tertiary/aromatic N) is 2. The molecule has 0 bridgehead atoms. The number of aromatic nitrogens is 2. The summed E-state index contributed by atoms with van der Waals surface area (Å²) in [5.41, 5.74) is 3.66. The Morgan fingerprint density at radius 3 is 2.62 bits per heavy atom. The second kappa shape index (κ2) is 6.48. The van der Waals surface area contributed by atoms with Crippen molar-refractivity contribution in [2.75, 3.05) is 7.11 Å². The van der Waals surface area contributed by atoms with Crippen LogP contribution >= 0.6 is 0 Å². The lowest BCUT2D eigenvalue weighted by Gasteiger charge is -2.19. The van der Waals surface area contributed by atoms with E-state index >= 15 is 0 Å². The van der Waals surface area contributed by atoms with Gasteiger partial charge in [0.15, 0.2) is 0 Å². The predicted octanol–water partition coefficient (Wildman–Crippen LogP) is 3.77. The van der Waals surface area contributed by atoms with E-state index < -0.39 is 0 Å². The van der Waals surface area contributed by atoms with Crippen LogP contribution in [-0.4, -0.2) is 22.6 Å². The summed E-state index contributed by atoms with van der Waals surface area (Å²) in [6.07, 6.45) is 2.30. The minimum Gasteiger partial charge on any atom is -0.497 e. The molecule has 0 aliphatic heterocycles. The molecule has 0 unspecified atom stereocenters. The molecule has 2 aromatic carbocycles. The number of nitrogens with one attached hydrogen (secondary N) is 1. The highest BCUT2D eigenvalue weighted by Gasteiger charge is 2.33. The molecule has 1 aromatic heterocycles. The SMILES string of the molecule is COc1ccc([C@@H](NC(=O)c2ccc3c(c2)nc(C)n3C)C2CC2)cc1. The fraction of sp³-hybridized carbons (Fsp3) is 0.333. The smallest absolute Gasteiger partial charge is 0.251 e. The highest BCUT2D eigenvalue weighted by molar-refractivity contribution is 5.97. The van der Waals surface area contributed by atoms with Gasteiger partial charge >= 0.3 is 0 Å². The zero-order valence-corrected chi connectivity index (χ0v) is 15.3. The molecule has 26 heavy (non-hydrogen) atoms. The van der Waals surface area contributed by atoms with Crippen LogP contribution in [0.15, 0.2) is 42.5 Å². The minimum absolute atomic E-state index is 0.0366. The summed E-state index contributed by atoms with van der Waals surface area (Å²) in [5, 5.41) is 3.22. The Morgan fingerprint density at radius 2 is 1.96 bits per heavy atom. The Bertz CT molecular complexity index is 955. The van der Waals surface area contributed by atoms with Gasteiger partial charge in [-0.05, 0) is 61.6 Å². The monoisotopic (exact) mass is 349 g/mol. The summed E-state index contributed by atoms with van der Waals surface area (Å²) in [4.78, 5) is 17.4. The zero-order chi connectivity index (χ0) is 18.3. The summed E-state index contributed by atoms with van der Waals surface area (Å²) in [7, 11) is 3.64. The van der Waals surface area contributed by atoms with Gasteiger partial charge in [-0.15, -0.1) is 0 Å². The van der Waals surface area contributed by atoms with Crippen LogP contribution in [0, 0.1) is 12.8 Å². The lowest BCUT2D eigenvalue weighted by atomic mass is 10.0. The quantitative estimate of drug-likeness (QED) is 0.763. The number of methoxy groups -OCH3 is 1.